The molecule has 1 aliphatic rings. The summed E-state index contributed by atoms with van der Waals surface area (Å²) in [5.74, 6) is -0.142. The van der Waals surface area contributed by atoms with Gasteiger partial charge in [-0.1, -0.05) is 11.6 Å². The standard InChI is InChI=1S/C17H20ClN3O3/c1-2-24-17(23)21-7-5-13(6-8-21)19-16(22)15-10-11-9-12(18)3-4-14(11)20-15/h3-4,9-10,13,20H,2,5-8H2,1H3,(H,19,22). The van der Waals surface area contributed by atoms with Gasteiger partial charge in [-0.05, 0) is 44.0 Å². The Morgan fingerprint density at radius 3 is 2.79 bits per heavy atom. The van der Waals surface area contributed by atoms with Gasteiger partial charge in [0.1, 0.15) is 5.69 Å². The van der Waals surface area contributed by atoms with Crippen molar-refractivity contribution in [2.75, 3.05) is 19.7 Å². The Hall–Kier alpha value is -2.21. The number of benzene rings is 1. The normalized spacial score (nSPS) is 15.5. The number of ether oxygens (including phenoxy) is 1. The third-order valence-corrected chi connectivity index (χ3v) is 4.42. The molecule has 2 N–H and O–H groups in total. The lowest BCUT2D eigenvalue weighted by Gasteiger charge is -2.31. The van der Waals surface area contributed by atoms with E-state index in [2.05, 4.69) is 10.3 Å². The van der Waals surface area contributed by atoms with Crippen LogP contribution in [0, 0.1) is 0 Å². The highest BCUT2D eigenvalue weighted by atomic mass is 35.5. The molecule has 0 unspecified atom stereocenters. The molecule has 128 valence electrons. The molecule has 1 aromatic heterocycles. The van der Waals surface area contributed by atoms with Crippen LogP contribution in [0.25, 0.3) is 10.9 Å². The van der Waals surface area contributed by atoms with Crippen LogP contribution in [-0.2, 0) is 4.74 Å². The number of nitrogens with zero attached hydrogens (tertiary/aromatic N) is 1. The maximum atomic E-state index is 12.4. The molecular formula is C17H20ClN3O3. The summed E-state index contributed by atoms with van der Waals surface area (Å²) < 4.78 is 4.99. The highest BCUT2D eigenvalue weighted by Gasteiger charge is 2.25. The van der Waals surface area contributed by atoms with E-state index in [4.69, 9.17) is 16.3 Å². The van der Waals surface area contributed by atoms with Gasteiger partial charge in [-0.2, -0.15) is 0 Å². The molecule has 0 atom stereocenters. The number of likely N-dealkylation sites (tertiary alicyclic amines) is 1. The summed E-state index contributed by atoms with van der Waals surface area (Å²) in [5, 5.41) is 4.57. The van der Waals surface area contributed by atoms with Gasteiger partial charge in [-0.15, -0.1) is 0 Å². The van der Waals surface area contributed by atoms with Crippen LogP contribution in [0.1, 0.15) is 30.3 Å². The van der Waals surface area contributed by atoms with Gasteiger partial charge in [0.15, 0.2) is 0 Å². The molecule has 0 aliphatic carbocycles. The van der Waals surface area contributed by atoms with Crippen LogP contribution in [0.15, 0.2) is 24.3 Å². The summed E-state index contributed by atoms with van der Waals surface area (Å²) in [5.41, 5.74) is 1.39. The smallest absolute Gasteiger partial charge is 0.409 e. The van der Waals surface area contributed by atoms with E-state index in [1.807, 2.05) is 12.1 Å². The van der Waals surface area contributed by atoms with Crippen LogP contribution >= 0.6 is 11.6 Å². The molecule has 1 aromatic carbocycles. The van der Waals surface area contributed by atoms with Crippen LogP contribution in [0.3, 0.4) is 0 Å². The predicted octanol–water partition coefficient (Wildman–Crippen LogP) is 3.17. The average Bonchev–Trinajstić information content (AvgIpc) is 2.99. The molecule has 24 heavy (non-hydrogen) atoms. The number of hydrogen-bond donors (Lipinski definition) is 2. The molecule has 3 rings (SSSR count). The van der Waals surface area contributed by atoms with Crippen molar-refractivity contribution in [3.05, 3.63) is 35.0 Å². The fourth-order valence-corrected chi connectivity index (χ4v) is 3.09. The molecule has 2 amide bonds. The molecule has 1 saturated heterocycles. The summed E-state index contributed by atoms with van der Waals surface area (Å²) in [6, 6.07) is 7.31. The lowest BCUT2D eigenvalue weighted by atomic mass is 10.1. The minimum Gasteiger partial charge on any atom is -0.450 e. The van der Waals surface area contributed by atoms with Gasteiger partial charge >= 0.3 is 6.09 Å². The topological polar surface area (TPSA) is 74.4 Å². The number of aromatic amines is 1. The van der Waals surface area contributed by atoms with E-state index in [0.29, 0.717) is 30.4 Å². The molecular weight excluding hydrogens is 330 g/mol. The number of halogens is 1. The molecule has 7 heteroatoms. The summed E-state index contributed by atoms with van der Waals surface area (Å²) in [6.45, 7) is 3.34. The maximum absolute atomic E-state index is 12.4. The second kappa shape index (κ2) is 7.13. The van der Waals surface area contributed by atoms with Gasteiger partial charge in [-0.3, -0.25) is 4.79 Å². The van der Waals surface area contributed by atoms with Gasteiger partial charge in [0.25, 0.3) is 5.91 Å². The van der Waals surface area contributed by atoms with Gasteiger partial charge in [0.2, 0.25) is 0 Å². The van der Waals surface area contributed by atoms with Crippen molar-refractivity contribution in [2.24, 2.45) is 0 Å². The van der Waals surface area contributed by atoms with Crippen molar-refractivity contribution in [3.8, 4) is 0 Å². The molecule has 0 spiro atoms. The van der Waals surface area contributed by atoms with Crippen LogP contribution in [0.2, 0.25) is 5.02 Å². The zero-order chi connectivity index (χ0) is 17.1. The maximum Gasteiger partial charge on any atom is 0.409 e. The third kappa shape index (κ3) is 3.64. The lowest BCUT2D eigenvalue weighted by Crippen LogP contribution is -2.46. The number of rotatable bonds is 3. The van der Waals surface area contributed by atoms with Crippen molar-refractivity contribution in [1.82, 2.24) is 15.2 Å². The molecule has 0 radical (unpaired) electrons. The SMILES string of the molecule is CCOC(=O)N1CCC(NC(=O)c2cc3cc(Cl)ccc3[nH]2)CC1. The number of amides is 2. The Labute approximate surface area is 145 Å². The predicted molar refractivity (Wildman–Crippen MR) is 92.4 cm³/mol. The van der Waals surface area contributed by atoms with Crippen molar-refractivity contribution in [2.45, 2.75) is 25.8 Å². The lowest BCUT2D eigenvalue weighted by molar-refractivity contribution is 0.0857. The van der Waals surface area contributed by atoms with E-state index in [9.17, 15) is 9.59 Å². The molecule has 2 heterocycles. The number of piperidine rings is 1. The number of fused-ring (bicyclic) bond motifs is 1. The van der Waals surface area contributed by atoms with E-state index in [1.54, 1.807) is 24.0 Å². The first-order valence-corrected chi connectivity index (χ1v) is 8.45. The first-order valence-electron chi connectivity index (χ1n) is 8.07. The summed E-state index contributed by atoms with van der Waals surface area (Å²) in [6.07, 6.45) is 1.16. The highest BCUT2D eigenvalue weighted by Crippen LogP contribution is 2.20. The van der Waals surface area contributed by atoms with Gasteiger partial charge in [-0.25, -0.2) is 4.79 Å². The molecule has 0 bridgehead atoms. The monoisotopic (exact) mass is 349 g/mol. The van der Waals surface area contributed by atoms with Crippen molar-refractivity contribution in [1.29, 1.82) is 0 Å². The van der Waals surface area contributed by atoms with Gasteiger partial charge in [0, 0.05) is 35.1 Å². The second-order valence-corrected chi connectivity index (χ2v) is 6.28. The van der Waals surface area contributed by atoms with Gasteiger partial charge < -0.3 is 19.9 Å². The van der Waals surface area contributed by atoms with Crippen molar-refractivity contribution >= 4 is 34.5 Å². The van der Waals surface area contributed by atoms with E-state index in [-0.39, 0.29) is 18.0 Å². The number of aromatic nitrogens is 1. The third-order valence-electron chi connectivity index (χ3n) is 4.18. The quantitative estimate of drug-likeness (QED) is 0.893. The minimum absolute atomic E-state index is 0.0539. The largest absolute Gasteiger partial charge is 0.450 e. The Morgan fingerprint density at radius 1 is 1.33 bits per heavy atom. The molecule has 2 aromatic rings. The Kier molecular flexibility index (Phi) is 4.94. The first kappa shape index (κ1) is 16.6. The number of hydrogen-bond acceptors (Lipinski definition) is 3. The van der Waals surface area contributed by atoms with Crippen molar-refractivity contribution < 1.29 is 14.3 Å². The van der Waals surface area contributed by atoms with Crippen LogP contribution in [-0.4, -0.2) is 47.6 Å². The van der Waals surface area contributed by atoms with Crippen molar-refractivity contribution in [3.63, 3.8) is 0 Å². The van der Waals surface area contributed by atoms with Crippen LogP contribution < -0.4 is 5.32 Å². The summed E-state index contributed by atoms with van der Waals surface area (Å²) >= 11 is 5.97. The molecule has 1 fully saturated rings. The summed E-state index contributed by atoms with van der Waals surface area (Å²) in [7, 11) is 0. The fraction of sp³-hybridized carbons (Fsp3) is 0.412. The minimum atomic E-state index is -0.283. The Balaban J connectivity index is 1.58. The number of H-pyrrole nitrogens is 1. The van der Waals surface area contributed by atoms with Gasteiger partial charge in [0.05, 0.1) is 6.61 Å². The first-order chi connectivity index (χ1) is 11.6. The molecule has 0 saturated carbocycles. The van der Waals surface area contributed by atoms with E-state index < -0.39 is 0 Å². The zero-order valence-corrected chi connectivity index (χ0v) is 14.2. The van der Waals surface area contributed by atoms with E-state index in [0.717, 1.165) is 23.7 Å². The second-order valence-electron chi connectivity index (χ2n) is 5.85. The fourth-order valence-electron chi connectivity index (χ4n) is 2.91. The van der Waals surface area contributed by atoms with Crippen LogP contribution in [0.4, 0.5) is 4.79 Å². The number of carbonyl (C=O) groups is 2. The molecule has 1 aliphatic heterocycles. The van der Waals surface area contributed by atoms with E-state index >= 15 is 0 Å². The van der Waals surface area contributed by atoms with Crippen LogP contribution in [0.5, 0.6) is 0 Å². The van der Waals surface area contributed by atoms with E-state index in [1.165, 1.54) is 0 Å². The average molecular weight is 350 g/mol. The Bertz CT molecular complexity index is 751. The molecule has 6 nitrogen and oxygen atoms in total. The summed E-state index contributed by atoms with van der Waals surface area (Å²) in [4.78, 5) is 28.9. The number of carbonyl (C=O) groups excluding carboxylic acids is 2. The highest BCUT2D eigenvalue weighted by molar-refractivity contribution is 6.31. The zero-order valence-electron chi connectivity index (χ0n) is 13.5. The Morgan fingerprint density at radius 2 is 2.08 bits per heavy atom. The number of nitrogens with one attached hydrogen (secondary N) is 2.